The molecule has 0 N–H and O–H groups in total. The van der Waals surface area contributed by atoms with Gasteiger partial charge < -0.3 is 4.90 Å². The highest BCUT2D eigenvalue weighted by Gasteiger charge is 2.30. The van der Waals surface area contributed by atoms with Crippen LogP contribution in [0.25, 0.3) is 5.52 Å². The standard InChI is InChI=1S/C17H19N5O/c1-12-10-13(2)21(19-12)15-7-9-20(11-15)17(23)16-5-3-4-14-6-8-18-22(14)16/h3-6,8,10,15H,7,9,11H2,1-2H3. The quantitative estimate of drug-likeness (QED) is 0.729. The third-order valence-corrected chi connectivity index (χ3v) is 4.48. The lowest BCUT2D eigenvalue weighted by Gasteiger charge is -2.18. The van der Waals surface area contributed by atoms with E-state index in [1.54, 1.807) is 10.7 Å². The maximum absolute atomic E-state index is 12.9. The van der Waals surface area contributed by atoms with E-state index < -0.39 is 0 Å². The second-order valence-electron chi connectivity index (χ2n) is 6.14. The summed E-state index contributed by atoms with van der Waals surface area (Å²) in [5.41, 5.74) is 3.72. The summed E-state index contributed by atoms with van der Waals surface area (Å²) in [6.07, 6.45) is 2.65. The summed E-state index contributed by atoms with van der Waals surface area (Å²) in [4.78, 5) is 14.8. The number of amides is 1. The van der Waals surface area contributed by atoms with Crippen molar-refractivity contribution in [3.05, 3.63) is 53.6 Å². The molecule has 0 spiro atoms. The zero-order valence-electron chi connectivity index (χ0n) is 13.3. The first-order chi connectivity index (χ1) is 11.1. The average molecular weight is 309 g/mol. The Morgan fingerprint density at radius 3 is 2.91 bits per heavy atom. The van der Waals surface area contributed by atoms with E-state index in [0.29, 0.717) is 12.2 Å². The van der Waals surface area contributed by atoms with Gasteiger partial charge in [0, 0.05) is 18.8 Å². The summed E-state index contributed by atoms with van der Waals surface area (Å²) < 4.78 is 3.76. The number of hydrogen-bond acceptors (Lipinski definition) is 3. The summed E-state index contributed by atoms with van der Waals surface area (Å²) in [5, 5.41) is 8.82. The Bertz CT molecular complexity index is 878. The van der Waals surface area contributed by atoms with Gasteiger partial charge >= 0.3 is 0 Å². The molecule has 0 aliphatic carbocycles. The number of nitrogens with zero attached hydrogens (tertiary/aromatic N) is 5. The second-order valence-corrected chi connectivity index (χ2v) is 6.14. The molecule has 0 aromatic carbocycles. The molecule has 0 saturated carbocycles. The molecule has 4 rings (SSSR count). The summed E-state index contributed by atoms with van der Waals surface area (Å²) in [7, 11) is 0. The topological polar surface area (TPSA) is 55.4 Å². The van der Waals surface area contributed by atoms with E-state index in [1.165, 1.54) is 0 Å². The third-order valence-electron chi connectivity index (χ3n) is 4.48. The maximum atomic E-state index is 12.9. The highest BCUT2D eigenvalue weighted by Crippen LogP contribution is 2.24. The van der Waals surface area contributed by atoms with E-state index in [1.807, 2.05) is 36.1 Å². The highest BCUT2D eigenvalue weighted by atomic mass is 16.2. The molecule has 0 radical (unpaired) electrons. The minimum atomic E-state index is 0.0309. The number of carbonyl (C=O) groups is 1. The van der Waals surface area contributed by atoms with Crippen LogP contribution in [0.5, 0.6) is 0 Å². The molecule has 1 saturated heterocycles. The molecular weight excluding hydrogens is 290 g/mol. The van der Waals surface area contributed by atoms with E-state index >= 15 is 0 Å². The molecule has 1 aliphatic rings. The Hall–Kier alpha value is -2.63. The summed E-state index contributed by atoms with van der Waals surface area (Å²) >= 11 is 0. The van der Waals surface area contributed by atoms with Crippen molar-refractivity contribution in [2.24, 2.45) is 0 Å². The number of aromatic nitrogens is 4. The fourth-order valence-corrected chi connectivity index (χ4v) is 3.42. The fraction of sp³-hybridized carbons (Fsp3) is 0.353. The first-order valence-electron chi connectivity index (χ1n) is 7.88. The van der Waals surface area contributed by atoms with Gasteiger partial charge in [-0.2, -0.15) is 10.2 Å². The van der Waals surface area contributed by atoms with Crippen molar-refractivity contribution in [2.75, 3.05) is 13.1 Å². The number of likely N-dealkylation sites (tertiary alicyclic amines) is 1. The molecular formula is C17H19N5O. The molecule has 118 valence electrons. The van der Waals surface area contributed by atoms with Crippen molar-refractivity contribution in [1.82, 2.24) is 24.3 Å². The van der Waals surface area contributed by atoms with Crippen molar-refractivity contribution in [1.29, 1.82) is 0 Å². The van der Waals surface area contributed by atoms with Gasteiger partial charge in [0.25, 0.3) is 5.91 Å². The van der Waals surface area contributed by atoms with Crippen molar-refractivity contribution in [3.8, 4) is 0 Å². The highest BCUT2D eigenvalue weighted by molar-refractivity contribution is 5.93. The first kappa shape index (κ1) is 14.0. The van der Waals surface area contributed by atoms with Gasteiger partial charge in [-0.1, -0.05) is 6.07 Å². The minimum Gasteiger partial charge on any atom is -0.335 e. The molecule has 1 aliphatic heterocycles. The van der Waals surface area contributed by atoms with Gasteiger partial charge in [0.2, 0.25) is 0 Å². The third kappa shape index (κ3) is 2.30. The van der Waals surface area contributed by atoms with Crippen LogP contribution in [0.15, 0.2) is 36.5 Å². The number of fused-ring (bicyclic) bond motifs is 1. The van der Waals surface area contributed by atoms with Crippen LogP contribution in [-0.2, 0) is 0 Å². The molecule has 1 atom stereocenters. The van der Waals surface area contributed by atoms with Gasteiger partial charge in [0.05, 0.1) is 23.4 Å². The normalized spacial score (nSPS) is 18.0. The molecule has 3 aromatic heterocycles. The van der Waals surface area contributed by atoms with Crippen LogP contribution in [0.4, 0.5) is 0 Å². The number of aryl methyl sites for hydroxylation is 2. The van der Waals surface area contributed by atoms with E-state index in [-0.39, 0.29) is 11.9 Å². The van der Waals surface area contributed by atoms with Gasteiger partial charge in [-0.25, -0.2) is 4.52 Å². The van der Waals surface area contributed by atoms with Gasteiger partial charge in [-0.05, 0) is 44.5 Å². The lowest BCUT2D eigenvalue weighted by Crippen LogP contribution is -2.31. The van der Waals surface area contributed by atoms with Gasteiger partial charge in [-0.3, -0.25) is 9.48 Å². The Balaban J connectivity index is 1.59. The largest absolute Gasteiger partial charge is 0.335 e. The molecule has 1 unspecified atom stereocenters. The molecule has 3 aromatic rings. The first-order valence-corrected chi connectivity index (χ1v) is 7.88. The van der Waals surface area contributed by atoms with E-state index in [0.717, 1.165) is 29.9 Å². The molecule has 1 amide bonds. The maximum Gasteiger partial charge on any atom is 0.272 e. The van der Waals surface area contributed by atoms with Crippen LogP contribution < -0.4 is 0 Å². The van der Waals surface area contributed by atoms with Crippen LogP contribution in [0.3, 0.4) is 0 Å². The molecule has 4 heterocycles. The number of carbonyl (C=O) groups excluding carboxylic acids is 1. The van der Waals surface area contributed by atoms with Crippen LogP contribution >= 0.6 is 0 Å². The van der Waals surface area contributed by atoms with Gasteiger partial charge in [0.1, 0.15) is 5.69 Å². The molecule has 0 bridgehead atoms. The zero-order valence-corrected chi connectivity index (χ0v) is 13.3. The number of pyridine rings is 1. The lowest BCUT2D eigenvalue weighted by atomic mass is 10.2. The van der Waals surface area contributed by atoms with Crippen LogP contribution in [0.2, 0.25) is 0 Å². The van der Waals surface area contributed by atoms with Gasteiger partial charge in [-0.15, -0.1) is 0 Å². The summed E-state index contributed by atoms with van der Waals surface area (Å²) in [6.45, 7) is 5.51. The van der Waals surface area contributed by atoms with Crippen LogP contribution in [0, 0.1) is 13.8 Å². The molecule has 23 heavy (non-hydrogen) atoms. The fourth-order valence-electron chi connectivity index (χ4n) is 3.42. The predicted molar refractivity (Wildman–Crippen MR) is 86.5 cm³/mol. The number of hydrogen-bond donors (Lipinski definition) is 0. The Morgan fingerprint density at radius 1 is 1.26 bits per heavy atom. The Kier molecular flexibility index (Phi) is 3.18. The van der Waals surface area contributed by atoms with Crippen molar-refractivity contribution < 1.29 is 4.79 Å². The summed E-state index contributed by atoms with van der Waals surface area (Å²) in [5.74, 6) is 0.0309. The Labute approximate surface area is 134 Å². The predicted octanol–water partition coefficient (Wildman–Crippen LogP) is 2.23. The van der Waals surface area contributed by atoms with E-state index in [4.69, 9.17) is 0 Å². The number of rotatable bonds is 2. The van der Waals surface area contributed by atoms with E-state index in [2.05, 4.69) is 27.9 Å². The van der Waals surface area contributed by atoms with Crippen molar-refractivity contribution in [2.45, 2.75) is 26.3 Å². The zero-order chi connectivity index (χ0) is 16.0. The smallest absolute Gasteiger partial charge is 0.272 e. The minimum absolute atomic E-state index is 0.0309. The van der Waals surface area contributed by atoms with Crippen LogP contribution in [0.1, 0.15) is 34.3 Å². The summed E-state index contributed by atoms with van der Waals surface area (Å²) in [6, 6.07) is 9.92. The van der Waals surface area contributed by atoms with Crippen molar-refractivity contribution in [3.63, 3.8) is 0 Å². The van der Waals surface area contributed by atoms with E-state index in [9.17, 15) is 4.79 Å². The molecule has 6 heteroatoms. The van der Waals surface area contributed by atoms with Crippen molar-refractivity contribution >= 4 is 11.4 Å². The van der Waals surface area contributed by atoms with Gasteiger partial charge in [0.15, 0.2) is 0 Å². The van der Waals surface area contributed by atoms with Crippen LogP contribution in [-0.4, -0.2) is 43.3 Å². The molecule has 1 fully saturated rings. The molecule has 6 nitrogen and oxygen atoms in total. The SMILES string of the molecule is Cc1cc(C)n(C2CCN(C(=O)c3cccc4ccnn34)C2)n1. The lowest BCUT2D eigenvalue weighted by molar-refractivity contribution is 0.0778. The monoisotopic (exact) mass is 309 g/mol. The Morgan fingerprint density at radius 2 is 2.13 bits per heavy atom. The second kappa shape index (κ2) is 5.22. The average Bonchev–Trinajstić information content (AvgIpc) is 3.24.